The van der Waals surface area contributed by atoms with Crippen molar-refractivity contribution in [2.45, 2.75) is 20.1 Å². The molecule has 1 saturated heterocycles. The number of halogens is 2. The summed E-state index contributed by atoms with van der Waals surface area (Å²) in [5, 5.41) is 10.5. The van der Waals surface area contributed by atoms with E-state index >= 15 is 0 Å². The smallest absolute Gasteiger partial charge is 0.293 e. The number of benzene rings is 3. The monoisotopic (exact) mass is 542 g/mol. The third kappa shape index (κ3) is 6.28. The number of amides is 2. The Balaban J connectivity index is 1.49. The van der Waals surface area contributed by atoms with E-state index in [1.54, 1.807) is 36.4 Å². The van der Waals surface area contributed by atoms with E-state index in [1.807, 2.05) is 6.92 Å². The van der Waals surface area contributed by atoms with Crippen LogP contribution < -0.4 is 9.47 Å². The van der Waals surface area contributed by atoms with Crippen molar-refractivity contribution in [2.24, 2.45) is 0 Å². The molecule has 0 unspecified atom stereocenters. The molecule has 0 aromatic heterocycles. The van der Waals surface area contributed by atoms with Crippen molar-refractivity contribution in [2.75, 3.05) is 6.61 Å². The second-order valence-corrected chi connectivity index (χ2v) is 9.26. The third-order valence-electron chi connectivity index (χ3n) is 5.32. The predicted molar refractivity (Wildman–Crippen MR) is 138 cm³/mol. The molecule has 0 radical (unpaired) electrons. The fourth-order valence-electron chi connectivity index (χ4n) is 3.48. The number of carbonyl (C=O) groups is 2. The van der Waals surface area contributed by atoms with Crippen LogP contribution in [0.5, 0.6) is 11.5 Å². The topological polar surface area (TPSA) is 99.0 Å². The van der Waals surface area contributed by atoms with E-state index in [0.717, 1.165) is 28.3 Å². The number of hydrogen-bond donors (Lipinski definition) is 0. The first-order valence-corrected chi connectivity index (χ1v) is 12.3. The molecule has 1 fully saturated rings. The molecule has 37 heavy (non-hydrogen) atoms. The number of nitro benzene ring substituents is 1. The molecule has 2 amide bonds. The minimum atomic E-state index is -0.506. The Morgan fingerprint density at radius 3 is 2.49 bits per heavy atom. The van der Waals surface area contributed by atoms with Crippen LogP contribution in [0.1, 0.15) is 23.6 Å². The van der Waals surface area contributed by atoms with Crippen molar-refractivity contribution >= 4 is 46.3 Å². The molecule has 3 aromatic rings. The average Bonchev–Trinajstić information content (AvgIpc) is 3.12. The Morgan fingerprint density at radius 2 is 1.81 bits per heavy atom. The minimum Gasteiger partial charge on any atom is -0.490 e. The number of nitro groups is 1. The Kier molecular flexibility index (Phi) is 8.10. The van der Waals surface area contributed by atoms with E-state index in [1.165, 1.54) is 24.3 Å². The lowest BCUT2D eigenvalue weighted by Crippen LogP contribution is -2.27. The van der Waals surface area contributed by atoms with E-state index in [2.05, 4.69) is 0 Å². The van der Waals surface area contributed by atoms with Crippen LogP contribution >= 0.6 is 23.4 Å². The van der Waals surface area contributed by atoms with Gasteiger partial charge in [-0.3, -0.25) is 24.6 Å². The van der Waals surface area contributed by atoms with Gasteiger partial charge in [0.05, 0.1) is 23.0 Å². The molecule has 190 valence electrons. The van der Waals surface area contributed by atoms with E-state index in [4.69, 9.17) is 21.1 Å². The maximum Gasteiger partial charge on any atom is 0.293 e. The Labute approximate surface area is 220 Å². The summed E-state index contributed by atoms with van der Waals surface area (Å²) in [6, 6.07) is 14.9. The van der Waals surface area contributed by atoms with Crippen LogP contribution in [0.25, 0.3) is 6.08 Å². The predicted octanol–water partition coefficient (Wildman–Crippen LogP) is 6.60. The molecule has 0 saturated carbocycles. The highest BCUT2D eigenvalue weighted by atomic mass is 35.5. The van der Waals surface area contributed by atoms with Crippen LogP contribution in [0, 0.1) is 15.9 Å². The zero-order chi connectivity index (χ0) is 26.5. The number of non-ortho nitro benzene ring substituents is 1. The van der Waals surface area contributed by atoms with Crippen molar-refractivity contribution in [3.05, 3.63) is 103 Å². The lowest BCUT2D eigenvalue weighted by atomic mass is 10.1. The van der Waals surface area contributed by atoms with Crippen molar-refractivity contribution in [1.82, 2.24) is 4.90 Å². The van der Waals surface area contributed by atoms with Gasteiger partial charge in [-0.15, -0.1) is 0 Å². The molecule has 0 spiro atoms. The largest absolute Gasteiger partial charge is 0.490 e. The Bertz CT molecular complexity index is 1400. The number of nitrogens with zero attached hydrogens (tertiary/aromatic N) is 2. The third-order valence-corrected chi connectivity index (χ3v) is 6.58. The van der Waals surface area contributed by atoms with E-state index in [-0.39, 0.29) is 28.8 Å². The van der Waals surface area contributed by atoms with Crippen LogP contribution in [0.4, 0.5) is 14.9 Å². The maximum absolute atomic E-state index is 13.3. The van der Waals surface area contributed by atoms with Crippen LogP contribution in [0.2, 0.25) is 5.02 Å². The number of ether oxygens (including phenoxy) is 2. The molecule has 0 atom stereocenters. The highest BCUT2D eigenvalue weighted by molar-refractivity contribution is 8.18. The van der Waals surface area contributed by atoms with Crippen molar-refractivity contribution in [3.8, 4) is 11.5 Å². The van der Waals surface area contributed by atoms with Crippen molar-refractivity contribution in [3.63, 3.8) is 0 Å². The van der Waals surface area contributed by atoms with Crippen LogP contribution in [0.3, 0.4) is 0 Å². The molecule has 3 aromatic carbocycles. The highest BCUT2D eigenvalue weighted by Gasteiger charge is 2.35. The summed E-state index contributed by atoms with van der Waals surface area (Å²) in [6.45, 7) is 2.29. The first-order chi connectivity index (χ1) is 17.7. The standard InChI is InChI=1S/C26H20ClFN2O6S/c1-2-35-23-11-17(5-10-22(23)36-15-16-3-8-20(9-4-16)30(33)34)12-24-25(31)29(26(32)37-24)14-18-6-7-19(28)13-21(18)27/h3-13H,2,14-15H2,1H3/b24-12+. The second kappa shape index (κ2) is 11.4. The van der Waals surface area contributed by atoms with Crippen molar-refractivity contribution < 1.29 is 28.4 Å². The second-order valence-electron chi connectivity index (χ2n) is 7.86. The number of imide groups is 1. The van der Waals surface area contributed by atoms with E-state index in [9.17, 15) is 24.1 Å². The Morgan fingerprint density at radius 1 is 1.05 bits per heavy atom. The maximum atomic E-state index is 13.3. The summed E-state index contributed by atoms with van der Waals surface area (Å²) in [5.41, 5.74) is 1.82. The molecule has 8 nitrogen and oxygen atoms in total. The molecule has 1 aliphatic rings. The van der Waals surface area contributed by atoms with Crippen molar-refractivity contribution in [1.29, 1.82) is 0 Å². The zero-order valence-corrected chi connectivity index (χ0v) is 21.1. The van der Waals surface area contributed by atoms with Gasteiger partial charge >= 0.3 is 0 Å². The summed E-state index contributed by atoms with van der Waals surface area (Å²) in [5.74, 6) is -0.0909. The van der Waals surface area contributed by atoms with Crippen LogP contribution in [-0.2, 0) is 17.9 Å². The lowest BCUT2D eigenvalue weighted by Gasteiger charge is -2.14. The summed E-state index contributed by atoms with van der Waals surface area (Å²) < 4.78 is 24.9. The van der Waals surface area contributed by atoms with Gasteiger partial charge in [-0.25, -0.2) is 4.39 Å². The fraction of sp³-hybridized carbons (Fsp3) is 0.154. The number of thioether (sulfide) groups is 1. The molecule has 0 aliphatic carbocycles. The molecule has 0 bridgehead atoms. The van der Waals surface area contributed by atoms with Gasteiger partial charge in [0.15, 0.2) is 11.5 Å². The average molecular weight is 543 g/mol. The van der Waals surface area contributed by atoms with Gasteiger partial charge in [0.1, 0.15) is 12.4 Å². The van der Waals surface area contributed by atoms with E-state index in [0.29, 0.717) is 29.2 Å². The number of hydrogen-bond acceptors (Lipinski definition) is 7. The zero-order valence-electron chi connectivity index (χ0n) is 19.5. The number of carbonyl (C=O) groups excluding carboxylic acids is 2. The van der Waals surface area contributed by atoms with Gasteiger partial charge in [-0.2, -0.15) is 0 Å². The molecule has 11 heteroatoms. The van der Waals surface area contributed by atoms with Crippen LogP contribution in [-0.4, -0.2) is 27.6 Å². The van der Waals surface area contributed by atoms with Gasteiger partial charge in [-0.1, -0.05) is 23.7 Å². The van der Waals surface area contributed by atoms with Crippen LogP contribution in [0.15, 0.2) is 65.6 Å². The van der Waals surface area contributed by atoms with Gasteiger partial charge in [0.25, 0.3) is 16.8 Å². The molecule has 1 heterocycles. The Hall–Kier alpha value is -3.89. The van der Waals surface area contributed by atoms with Gasteiger partial charge in [0.2, 0.25) is 0 Å². The highest BCUT2D eigenvalue weighted by Crippen LogP contribution is 2.36. The summed E-state index contributed by atoms with van der Waals surface area (Å²) in [6.07, 6.45) is 1.58. The molecule has 4 rings (SSSR count). The molecular formula is C26H20ClFN2O6S. The molecule has 0 N–H and O–H groups in total. The molecular weight excluding hydrogens is 523 g/mol. The molecule has 1 aliphatic heterocycles. The van der Waals surface area contributed by atoms with Gasteiger partial charge in [-0.05, 0) is 77.9 Å². The van der Waals surface area contributed by atoms with Gasteiger partial charge in [0, 0.05) is 17.2 Å². The lowest BCUT2D eigenvalue weighted by molar-refractivity contribution is -0.384. The van der Waals surface area contributed by atoms with Gasteiger partial charge < -0.3 is 9.47 Å². The summed E-state index contributed by atoms with van der Waals surface area (Å²) in [7, 11) is 0. The first kappa shape index (κ1) is 26.2. The number of rotatable bonds is 9. The quantitative estimate of drug-likeness (QED) is 0.170. The summed E-state index contributed by atoms with van der Waals surface area (Å²) in [4.78, 5) is 37.0. The minimum absolute atomic E-state index is 0.00622. The van der Waals surface area contributed by atoms with E-state index < -0.39 is 21.9 Å². The normalized spacial score (nSPS) is 14.4. The fourth-order valence-corrected chi connectivity index (χ4v) is 4.55. The summed E-state index contributed by atoms with van der Waals surface area (Å²) >= 11 is 6.85. The first-order valence-electron chi connectivity index (χ1n) is 11.1. The SMILES string of the molecule is CCOc1cc(/C=C2/SC(=O)N(Cc3ccc(F)cc3Cl)C2=O)ccc1OCc1ccc([N+](=O)[O-])cc1.